The van der Waals surface area contributed by atoms with Gasteiger partial charge in [-0.15, -0.1) is 0 Å². The average molecular weight is 248 g/mol. The van der Waals surface area contributed by atoms with Crippen molar-refractivity contribution in [3.8, 4) is 0 Å². The van der Waals surface area contributed by atoms with Crippen molar-refractivity contribution in [2.24, 2.45) is 5.92 Å². The van der Waals surface area contributed by atoms with Crippen molar-refractivity contribution in [3.63, 3.8) is 0 Å². The van der Waals surface area contributed by atoms with E-state index >= 15 is 0 Å². The molecule has 1 aromatic rings. The number of aliphatic hydroxyl groups is 1. The molecule has 1 heterocycles. The highest BCUT2D eigenvalue weighted by Crippen LogP contribution is 2.30. The second kappa shape index (κ2) is 6.19. The molecule has 2 rings (SSSR count). The Kier molecular flexibility index (Phi) is 4.59. The molecule has 0 amide bonds. The Labute approximate surface area is 110 Å². The zero-order valence-corrected chi connectivity index (χ0v) is 11.5. The summed E-state index contributed by atoms with van der Waals surface area (Å²) in [5.41, 5.74) is 2.12. The van der Waals surface area contributed by atoms with Crippen molar-refractivity contribution in [2.75, 3.05) is 11.4 Å². The van der Waals surface area contributed by atoms with Gasteiger partial charge in [-0.1, -0.05) is 26.7 Å². The van der Waals surface area contributed by atoms with Crippen molar-refractivity contribution in [3.05, 3.63) is 24.0 Å². The highest BCUT2D eigenvalue weighted by Gasteiger charge is 2.24. The molecule has 0 radical (unpaired) electrons. The molecule has 3 heteroatoms. The minimum absolute atomic E-state index is 0.0739. The molecule has 1 aliphatic carbocycles. The number of aliphatic hydroxyl groups excluding tert-OH is 1. The molecule has 100 valence electrons. The molecule has 0 aromatic carbocycles. The minimum atomic E-state index is 0.0739. The lowest BCUT2D eigenvalue weighted by Crippen LogP contribution is -2.37. The maximum atomic E-state index is 9.48. The summed E-state index contributed by atoms with van der Waals surface area (Å²) < 4.78 is 0. The van der Waals surface area contributed by atoms with Crippen LogP contribution in [0.25, 0.3) is 0 Å². The van der Waals surface area contributed by atoms with Crippen molar-refractivity contribution in [1.82, 2.24) is 4.98 Å². The zero-order valence-electron chi connectivity index (χ0n) is 11.5. The predicted molar refractivity (Wildman–Crippen MR) is 74.6 cm³/mol. The molecule has 0 bridgehead atoms. The quantitative estimate of drug-likeness (QED) is 0.870. The lowest BCUT2D eigenvalue weighted by atomic mass is 10.1. The average Bonchev–Trinajstić information content (AvgIpc) is 2.89. The van der Waals surface area contributed by atoms with Gasteiger partial charge in [0.1, 0.15) is 0 Å². The van der Waals surface area contributed by atoms with Crippen LogP contribution in [-0.2, 0) is 6.61 Å². The molecule has 0 unspecified atom stereocenters. The first-order valence-corrected chi connectivity index (χ1v) is 7.02. The van der Waals surface area contributed by atoms with Crippen LogP contribution in [0.2, 0.25) is 0 Å². The van der Waals surface area contributed by atoms with Crippen LogP contribution in [-0.4, -0.2) is 22.7 Å². The number of hydrogen-bond donors (Lipinski definition) is 1. The van der Waals surface area contributed by atoms with Gasteiger partial charge >= 0.3 is 0 Å². The fourth-order valence-electron chi connectivity index (χ4n) is 2.88. The van der Waals surface area contributed by atoms with E-state index in [0.29, 0.717) is 12.0 Å². The van der Waals surface area contributed by atoms with Crippen molar-refractivity contribution >= 4 is 5.69 Å². The van der Waals surface area contributed by atoms with Gasteiger partial charge in [-0.3, -0.25) is 4.98 Å². The molecule has 18 heavy (non-hydrogen) atoms. The van der Waals surface area contributed by atoms with Gasteiger partial charge in [-0.05, 0) is 24.8 Å². The highest BCUT2D eigenvalue weighted by atomic mass is 16.3. The molecule has 3 nitrogen and oxygen atoms in total. The summed E-state index contributed by atoms with van der Waals surface area (Å²) >= 11 is 0. The molecule has 1 fully saturated rings. The lowest BCUT2D eigenvalue weighted by Gasteiger charge is -2.34. The van der Waals surface area contributed by atoms with Crippen LogP contribution in [0.4, 0.5) is 5.69 Å². The molecule has 0 aliphatic heterocycles. The van der Waals surface area contributed by atoms with Crippen LogP contribution >= 0.6 is 0 Å². The molecular formula is C15H24N2O. The topological polar surface area (TPSA) is 36.4 Å². The van der Waals surface area contributed by atoms with E-state index in [1.54, 1.807) is 6.20 Å². The van der Waals surface area contributed by atoms with Crippen LogP contribution in [0.15, 0.2) is 18.5 Å². The first-order valence-electron chi connectivity index (χ1n) is 7.02. The number of anilines is 1. The predicted octanol–water partition coefficient (Wildman–Crippen LogP) is 2.98. The third kappa shape index (κ3) is 3.02. The standard InChI is InChI=1S/C15H24N2O/c1-12(2)10-17(14-5-3-4-6-14)15-7-8-16-9-13(15)11-18/h7-9,12,14,18H,3-6,10-11H2,1-2H3. The number of rotatable bonds is 5. The fourth-order valence-corrected chi connectivity index (χ4v) is 2.88. The van der Waals surface area contributed by atoms with Gasteiger partial charge < -0.3 is 10.0 Å². The van der Waals surface area contributed by atoms with Gasteiger partial charge in [0.15, 0.2) is 0 Å². The summed E-state index contributed by atoms with van der Waals surface area (Å²) in [6.45, 7) is 5.63. The summed E-state index contributed by atoms with van der Waals surface area (Å²) in [5, 5.41) is 9.48. The Morgan fingerprint density at radius 1 is 1.39 bits per heavy atom. The zero-order chi connectivity index (χ0) is 13.0. The van der Waals surface area contributed by atoms with Crippen LogP contribution in [0.3, 0.4) is 0 Å². The Balaban J connectivity index is 2.26. The van der Waals surface area contributed by atoms with Gasteiger partial charge in [0.25, 0.3) is 0 Å². The molecule has 1 aliphatic rings. The molecule has 1 aromatic heterocycles. The van der Waals surface area contributed by atoms with Gasteiger partial charge in [-0.2, -0.15) is 0 Å². The summed E-state index contributed by atoms with van der Waals surface area (Å²) in [6.07, 6.45) is 8.84. The van der Waals surface area contributed by atoms with Gasteiger partial charge in [0.05, 0.1) is 6.61 Å². The molecule has 0 atom stereocenters. The summed E-state index contributed by atoms with van der Waals surface area (Å²) in [6, 6.07) is 2.69. The number of nitrogens with zero attached hydrogens (tertiary/aromatic N) is 2. The molecule has 1 N–H and O–H groups in total. The third-order valence-corrected chi connectivity index (χ3v) is 3.68. The fraction of sp³-hybridized carbons (Fsp3) is 0.667. The first kappa shape index (κ1) is 13.3. The van der Waals surface area contributed by atoms with E-state index in [1.807, 2.05) is 12.3 Å². The smallest absolute Gasteiger partial charge is 0.0717 e. The molecule has 0 spiro atoms. The van der Waals surface area contributed by atoms with E-state index < -0.39 is 0 Å². The SMILES string of the molecule is CC(C)CN(c1ccncc1CO)C1CCCC1. The second-order valence-corrected chi connectivity index (χ2v) is 5.65. The lowest BCUT2D eigenvalue weighted by molar-refractivity contribution is 0.281. The Hall–Kier alpha value is -1.09. The third-order valence-electron chi connectivity index (χ3n) is 3.68. The Morgan fingerprint density at radius 2 is 2.11 bits per heavy atom. The highest BCUT2D eigenvalue weighted by molar-refractivity contribution is 5.53. The van der Waals surface area contributed by atoms with Crippen molar-refractivity contribution in [1.29, 1.82) is 0 Å². The summed E-state index contributed by atoms with van der Waals surface area (Å²) in [7, 11) is 0. The summed E-state index contributed by atoms with van der Waals surface area (Å²) in [4.78, 5) is 6.61. The maximum Gasteiger partial charge on any atom is 0.0717 e. The largest absolute Gasteiger partial charge is 0.392 e. The van der Waals surface area contributed by atoms with Crippen molar-refractivity contribution in [2.45, 2.75) is 52.2 Å². The number of aromatic nitrogens is 1. The van der Waals surface area contributed by atoms with Gasteiger partial charge in [-0.25, -0.2) is 0 Å². The Bertz CT molecular complexity index is 373. The van der Waals surface area contributed by atoms with Crippen LogP contribution in [0.5, 0.6) is 0 Å². The second-order valence-electron chi connectivity index (χ2n) is 5.65. The normalized spacial score (nSPS) is 16.4. The number of pyridine rings is 1. The molecule has 1 saturated carbocycles. The monoisotopic (exact) mass is 248 g/mol. The van der Waals surface area contributed by atoms with Crippen LogP contribution < -0.4 is 4.90 Å². The minimum Gasteiger partial charge on any atom is -0.392 e. The van der Waals surface area contributed by atoms with E-state index in [-0.39, 0.29) is 6.61 Å². The van der Waals surface area contributed by atoms with Crippen LogP contribution in [0, 0.1) is 5.92 Å². The van der Waals surface area contributed by atoms with E-state index in [1.165, 1.54) is 31.4 Å². The summed E-state index contributed by atoms with van der Waals surface area (Å²) in [5.74, 6) is 0.630. The number of hydrogen-bond acceptors (Lipinski definition) is 3. The first-order chi connectivity index (χ1) is 8.72. The van der Waals surface area contributed by atoms with Crippen LogP contribution in [0.1, 0.15) is 45.1 Å². The molecule has 0 saturated heterocycles. The van der Waals surface area contributed by atoms with Crippen molar-refractivity contribution < 1.29 is 5.11 Å². The van der Waals surface area contributed by atoms with E-state index in [4.69, 9.17) is 0 Å². The van der Waals surface area contributed by atoms with E-state index in [2.05, 4.69) is 23.7 Å². The van der Waals surface area contributed by atoms with E-state index in [9.17, 15) is 5.11 Å². The Morgan fingerprint density at radius 3 is 2.72 bits per heavy atom. The van der Waals surface area contributed by atoms with Gasteiger partial charge in [0.2, 0.25) is 0 Å². The van der Waals surface area contributed by atoms with Gasteiger partial charge in [0, 0.05) is 36.2 Å². The van der Waals surface area contributed by atoms with E-state index in [0.717, 1.165) is 12.1 Å². The maximum absolute atomic E-state index is 9.48. The molecular weight excluding hydrogens is 224 g/mol.